The summed E-state index contributed by atoms with van der Waals surface area (Å²) in [5.41, 5.74) is 4.67. The van der Waals surface area contributed by atoms with Crippen molar-refractivity contribution in [3.63, 3.8) is 0 Å². The van der Waals surface area contributed by atoms with E-state index in [4.69, 9.17) is 10.5 Å². The fourth-order valence-corrected chi connectivity index (χ4v) is 1.96. The van der Waals surface area contributed by atoms with Crippen LogP contribution in [0.25, 0.3) is 0 Å². The van der Waals surface area contributed by atoms with Crippen LogP contribution < -0.4 is 10.5 Å². The quantitative estimate of drug-likeness (QED) is 0.934. The van der Waals surface area contributed by atoms with Gasteiger partial charge in [-0.2, -0.15) is 13.2 Å². The molecule has 0 radical (unpaired) electrons. The van der Waals surface area contributed by atoms with E-state index in [2.05, 4.69) is 4.98 Å². The van der Waals surface area contributed by atoms with E-state index in [0.29, 0.717) is 10.0 Å². The van der Waals surface area contributed by atoms with Crippen LogP contribution in [0.1, 0.15) is 10.6 Å². The average molecular weight is 274 g/mol. The van der Waals surface area contributed by atoms with E-state index in [1.54, 1.807) is 0 Å². The summed E-state index contributed by atoms with van der Waals surface area (Å²) in [5.74, 6) is -0.209. The Hall–Kier alpha value is -1.76. The van der Waals surface area contributed by atoms with Crippen LogP contribution in [-0.2, 0) is 12.8 Å². The molecule has 0 amide bonds. The van der Waals surface area contributed by atoms with Gasteiger partial charge in [-0.25, -0.2) is 4.98 Å². The molecule has 0 spiro atoms. The molecule has 0 atom stereocenters. The summed E-state index contributed by atoms with van der Waals surface area (Å²) in [4.78, 5) is 3.91. The number of halogens is 3. The van der Waals surface area contributed by atoms with E-state index < -0.39 is 11.7 Å². The highest BCUT2D eigenvalue weighted by Gasteiger charge is 2.34. The number of nitrogens with two attached hydrogens (primary N) is 1. The van der Waals surface area contributed by atoms with E-state index >= 15 is 0 Å². The van der Waals surface area contributed by atoms with Crippen molar-refractivity contribution in [3.8, 4) is 5.75 Å². The maximum Gasteiger partial charge on any atom is 0.419 e. The minimum absolute atomic E-state index is 0.0328. The van der Waals surface area contributed by atoms with Gasteiger partial charge in [0.05, 0.1) is 11.8 Å². The second-order valence-corrected chi connectivity index (χ2v) is 4.59. The molecule has 0 aliphatic carbocycles. The van der Waals surface area contributed by atoms with Crippen molar-refractivity contribution in [2.45, 2.75) is 12.8 Å². The Kier molecular flexibility index (Phi) is 3.42. The van der Waals surface area contributed by atoms with E-state index in [-0.39, 0.29) is 12.4 Å². The van der Waals surface area contributed by atoms with Crippen molar-refractivity contribution in [2.24, 2.45) is 0 Å². The molecule has 18 heavy (non-hydrogen) atoms. The minimum Gasteiger partial charge on any atom is -0.486 e. The molecule has 3 nitrogen and oxygen atoms in total. The van der Waals surface area contributed by atoms with Crippen molar-refractivity contribution in [1.82, 2.24) is 4.98 Å². The van der Waals surface area contributed by atoms with Gasteiger partial charge in [0.1, 0.15) is 22.4 Å². The van der Waals surface area contributed by atoms with Crippen LogP contribution in [0, 0.1) is 0 Å². The van der Waals surface area contributed by atoms with Crippen molar-refractivity contribution in [2.75, 3.05) is 5.73 Å². The highest BCUT2D eigenvalue weighted by atomic mass is 32.1. The SMILES string of the molecule is Nc1cnc(COc2ccccc2C(F)(F)F)s1. The van der Waals surface area contributed by atoms with Crippen LogP contribution >= 0.6 is 11.3 Å². The van der Waals surface area contributed by atoms with Gasteiger partial charge < -0.3 is 10.5 Å². The summed E-state index contributed by atoms with van der Waals surface area (Å²) < 4.78 is 43.1. The van der Waals surface area contributed by atoms with Gasteiger partial charge >= 0.3 is 6.18 Å². The van der Waals surface area contributed by atoms with Gasteiger partial charge in [0.2, 0.25) is 0 Å². The molecule has 0 aliphatic heterocycles. The molecule has 0 fully saturated rings. The Balaban J connectivity index is 2.14. The summed E-state index contributed by atoms with van der Waals surface area (Å²) in [6.45, 7) is -0.0328. The minimum atomic E-state index is -4.43. The van der Waals surface area contributed by atoms with Gasteiger partial charge in [-0.3, -0.25) is 0 Å². The van der Waals surface area contributed by atoms with Gasteiger partial charge in [-0.15, -0.1) is 0 Å². The molecule has 0 aliphatic rings. The smallest absolute Gasteiger partial charge is 0.419 e. The lowest BCUT2D eigenvalue weighted by molar-refractivity contribution is -0.139. The number of aromatic nitrogens is 1. The summed E-state index contributed by atoms with van der Waals surface area (Å²) >= 11 is 1.18. The highest BCUT2D eigenvalue weighted by molar-refractivity contribution is 7.15. The van der Waals surface area contributed by atoms with Gasteiger partial charge in [-0.1, -0.05) is 23.5 Å². The molecule has 96 valence electrons. The molecule has 0 unspecified atom stereocenters. The van der Waals surface area contributed by atoms with Gasteiger partial charge in [-0.05, 0) is 12.1 Å². The third-order valence-electron chi connectivity index (χ3n) is 2.12. The lowest BCUT2D eigenvalue weighted by Gasteiger charge is -2.12. The van der Waals surface area contributed by atoms with Gasteiger partial charge in [0.25, 0.3) is 0 Å². The lowest BCUT2D eigenvalue weighted by atomic mass is 10.2. The van der Waals surface area contributed by atoms with Crippen molar-refractivity contribution in [3.05, 3.63) is 41.0 Å². The first-order chi connectivity index (χ1) is 8.47. The molecule has 1 aromatic carbocycles. The van der Waals surface area contributed by atoms with Crippen LogP contribution in [0.5, 0.6) is 5.75 Å². The van der Waals surface area contributed by atoms with Crippen molar-refractivity contribution in [1.29, 1.82) is 0 Å². The first kappa shape index (κ1) is 12.7. The average Bonchev–Trinajstić information content (AvgIpc) is 2.72. The van der Waals surface area contributed by atoms with Crippen LogP contribution in [0.4, 0.5) is 18.2 Å². The van der Waals surface area contributed by atoms with Crippen LogP contribution in [-0.4, -0.2) is 4.98 Å². The number of nitrogen functional groups attached to an aromatic ring is 1. The first-order valence-electron chi connectivity index (χ1n) is 4.96. The molecule has 1 aromatic heterocycles. The van der Waals surface area contributed by atoms with Crippen LogP contribution in [0.3, 0.4) is 0 Å². The molecule has 2 aromatic rings. The Morgan fingerprint density at radius 3 is 2.61 bits per heavy atom. The van der Waals surface area contributed by atoms with Gasteiger partial charge in [0, 0.05) is 0 Å². The number of alkyl halides is 3. The maximum atomic E-state index is 12.7. The number of benzene rings is 1. The molecule has 2 rings (SSSR count). The number of para-hydroxylation sites is 1. The number of hydrogen-bond donors (Lipinski definition) is 1. The molecule has 0 saturated heterocycles. The van der Waals surface area contributed by atoms with E-state index in [9.17, 15) is 13.2 Å². The summed E-state index contributed by atoms with van der Waals surface area (Å²) in [5, 5.41) is 1.03. The van der Waals surface area contributed by atoms with E-state index in [0.717, 1.165) is 6.07 Å². The Morgan fingerprint density at radius 1 is 1.28 bits per heavy atom. The Bertz CT molecular complexity index is 539. The van der Waals surface area contributed by atoms with Crippen LogP contribution in [0.15, 0.2) is 30.5 Å². The zero-order valence-corrected chi connectivity index (χ0v) is 9.89. The molecule has 7 heteroatoms. The first-order valence-corrected chi connectivity index (χ1v) is 5.77. The van der Waals surface area contributed by atoms with Gasteiger partial charge in [0.15, 0.2) is 0 Å². The standard InChI is InChI=1S/C11H9F3N2OS/c12-11(13,14)7-3-1-2-4-8(7)17-6-10-16-5-9(15)18-10/h1-5H,6,15H2. The van der Waals surface area contributed by atoms with Crippen LogP contribution in [0.2, 0.25) is 0 Å². The number of thiazole rings is 1. The summed E-state index contributed by atoms with van der Waals surface area (Å²) in [6, 6.07) is 5.06. The topological polar surface area (TPSA) is 48.1 Å². The highest BCUT2D eigenvalue weighted by Crippen LogP contribution is 2.36. The number of ether oxygens (including phenoxy) is 1. The number of rotatable bonds is 3. The number of anilines is 1. The molecular formula is C11H9F3N2OS. The lowest BCUT2D eigenvalue weighted by Crippen LogP contribution is -2.08. The zero-order chi connectivity index (χ0) is 13.2. The largest absolute Gasteiger partial charge is 0.486 e. The zero-order valence-electron chi connectivity index (χ0n) is 9.07. The second-order valence-electron chi connectivity index (χ2n) is 3.44. The van der Waals surface area contributed by atoms with E-state index in [1.165, 1.54) is 35.7 Å². The maximum absolute atomic E-state index is 12.7. The van der Waals surface area contributed by atoms with E-state index in [1.807, 2.05) is 0 Å². The van der Waals surface area contributed by atoms with Crippen molar-refractivity contribution >= 4 is 16.3 Å². The molecule has 1 heterocycles. The fourth-order valence-electron chi connectivity index (χ4n) is 1.36. The monoisotopic (exact) mass is 274 g/mol. The van der Waals surface area contributed by atoms with Crippen molar-refractivity contribution < 1.29 is 17.9 Å². The normalized spacial score (nSPS) is 11.5. The third-order valence-corrected chi connectivity index (χ3v) is 2.92. The number of hydrogen-bond acceptors (Lipinski definition) is 4. The Morgan fingerprint density at radius 2 is 2.00 bits per heavy atom. The predicted molar refractivity (Wildman–Crippen MR) is 62.3 cm³/mol. The fraction of sp³-hybridized carbons (Fsp3) is 0.182. The predicted octanol–water partition coefficient (Wildman–Crippen LogP) is 3.32. The molecule has 0 saturated carbocycles. The molecule has 2 N–H and O–H groups in total. The number of nitrogens with zero attached hydrogens (tertiary/aromatic N) is 1. The molecule has 0 bridgehead atoms. The Labute approximate surface area is 105 Å². The third kappa shape index (κ3) is 2.92. The summed E-state index contributed by atoms with van der Waals surface area (Å²) in [6.07, 6.45) is -2.99. The summed E-state index contributed by atoms with van der Waals surface area (Å²) in [7, 11) is 0. The second kappa shape index (κ2) is 4.85. The molecular weight excluding hydrogens is 265 g/mol.